The van der Waals surface area contributed by atoms with Gasteiger partial charge in [0.2, 0.25) is 0 Å². The number of hydrogen-bond acceptors (Lipinski definition) is 3. The van der Waals surface area contributed by atoms with Gasteiger partial charge in [-0.25, -0.2) is 10.2 Å². The van der Waals surface area contributed by atoms with Gasteiger partial charge in [0.1, 0.15) is 11.5 Å². The van der Waals surface area contributed by atoms with E-state index in [0.717, 1.165) is 22.6 Å². The van der Waals surface area contributed by atoms with Crippen LogP contribution in [0.1, 0.15) is 11.3 Å². The maximum absolute atomic E-state index is 11.8. The highest BCUT2D eigenvalue weighted by Gasteiger charge is 2.04. The molecule has 0 atom stereocenters. The lowest BCUT2D eigenvalue weighted by Gasteiger charge is -2.06. The number of rotatable bonds is 4. The smallest absolute Gasteiger partial charge is 0.339 e. The first-order valence-electron chi connectivity index (χ1n) is 7.53. The lowest BCUT2D eigenvalue weighted by atomic mass is 10.2. The molecule has 0 saturated carbocycles. The molecule has 0 unspecified atom stereocenters. The van der Waals surface area contributed by atoms with Crippen molar-refractivity contribution in [1.29, 1.82) is 0 Å². The summed E-state index contributed by atoms with van der Waals surface area (Å²) in [6, 6.07) is 20.6. The molecule has 0 saturated heterocycles. The van der Waals surface area contributed by atoms with Gasteiger partial charge in [-0.15, -0.1) is 0 Å². The van der Waals surface area contributed by atoms with Crippen LogP contribution in [-0.2, 0) is 0 Å². The van der Waals surface area contributed by atoms with Gasteiger partial charge in [0, 0.05) is 11.3 Å². The summed E-state index contributed by atoms with van der Waals surface area (Å²) in [4.78, 5) is 11.8. The van der Waals surface area contributed by atoms with Crippen molar-refractivity contribution in [2.45, 2.75) is 6.92 Å². The molecule has 2 amide bonds. The summed E-state index contributed by atoms with van der Waals surface area (Å²) in [7, 11) is 0. The molecule has 24 heavy (non-hydrogen) atoms. The first kappa shape index (κ1) is 15.6. The number of furan rings is 1. The first-order valence-corrected chi connectivity index (χ1v) is 7.53. The molecule has 2 N–H and O–H groups in total. The van der Waals surface area contributed by atoms with Crippen LogP contribution in [0.5, 0.6) is 0 Å². The van der Waals surface area contributed by atoms with Crippen LogP contribution in [0.3, 0.4) is 0 Å². The highest BCUT2D eigenvalue weighted by Crippen LogP contribution is 2.20. The van der Waals surface area contributed by atoms with Crippen molar-refractivity contribution < 1.29 is 9.21 Å². The Morgan fingerprint density at radius 3 is 2.54 bits per heavy atom. The molecule has 3 aromatic rings. The van der Waals surface area contributed by atoms with E-state index in [1.54, 1.807) is 6.07 Å². The second-order valence-corrected chi connectivity index (χ2v) is 5.21. The van der Waals surface area contributed by atoms with Crippen molar-refractivity contribution in [3.8, 4) is 11.3 Å². The first-order chi connectivity index (χ1) is 11.7. The van der Waals surface area contributed by atoms with Crippen LogP contribution in [0.4, 0.5) is 10.5 Å². The molecule has 0 aliphatic carbocycles. The highest BCUT2D eigenvalue weighted by atomic mass is 16.3. The number of anilines is 1. The Bertz CT molecular complexity index is 854. The fourth-order valence-electron chi connectivity index (χ4n) is 2.20. The largest absolute Gasteiger partial charge is 0.455 e. The molecule has 5 heteroatoms. The number of benzene rings is 2. The average molecular weight is 319 g/mol. The molecule has 0 fully saturated rings. The van der Waals surface area contributed by atoms with E-state index < -0.39 is 6.03 Å². The van der Waals surface area contributed by atoms with E-state index in [4.69, 9.17) is 4.42 Å². The topological polar surface area (TPSA) is 66.6 Å². The Morgan fingerprint density at radius 1 is 1.00 bits per heavy atom. The Hall–Kier alpha value is -3.34. The summed E-state index contributed by atoms with van der Waals surface area (Å²) < 4.78 is 5.67. The Morgan fingerprint density at radius 2 is 1.75 bits per heavy atom. The third-order valence-corrected chi connectivity index (χ3v) is 3.44. The van der Waals surface area contributed by atoms with Crippen LogP contribution in [0.2, 0.25) is 0 Å². The van der Waals surface area contributed by atoms with Gasteiger partial charge in [-0.05, 0) is 30.7 Å². The fourth-order valence-corrected chi connectivity index (χ4v) is 2.20. The third-order valence-electron chi connectivity index (χ3n) is 3.44. The second-order valence-electron chi connectivity index (χ2n) is 5.21. The van der Waals surface area contributed by atoms with Crippen LogP contribution < -0.4 is 10.7 Å². The number of nitrogens with one attached hydrogen (secondary N) is 2. The van der Waals surface area contributed by atoms with Gasteiger partial charge in [0.25, 0.3) is 0 Å². The third kappa shape index (κ3) is 3.89. The van der Waals surface area contributed by atoms with Crippen molar-refractivity contribution in [3.05, 3.63) is 78.1 Å². The quantitative estimate of drug-likeness (QED) is 0.552. The van der Waals surface area contributed by atoms with E-state index in [0.29, 0.717) is 5.76 Å². The number of urea groups is 1. The number of para-hydroxylation sites is 1. The second kappa shape index (κ2) is 7.28. The van der Waals surface area contributed by atoms with Gasteiger partial charge in [-0.2, -0.15) is 5.10 Å². The molecule has 0 bridgehead atoms. The minimum Gasteiger partial charge on any atom is -0.455 e. The molecular formula is C19H17N3O2. The number of amides is 2. The number of carbonyl (C=O) groups excluding carboxylic acids is 1. The van der Waals surface area contributed by atoms with E-state index in [9.17, 15) is 4.79 Å². The highest BCUT2D eigenvalue weighted by molar-refractivity contribution is 5.90. The number of aryl methyl sites for hydroxylation is 1. The molecule has 0 spiro atoms. The van der Waals surface area contributed by atoms with Crippen molar-refractivity contribution >= 4 is 17.9 Å². The minimum absolute atomic E-state index is 0.407. The summed E-state index contributed by atoms with van der Waals surface area (Å²) in [5, 5.41) is 6.63. The SMILES string of the molecule is Cc1ccccc1NC(=O)NN=Cc1ccc(-c2ccccc2)o1. The molecule has 3 rings (SSSR count). The number of nitrogens with zero attached hydrogens (tertiary/aromatic N) is 1. The number of hydrogen-bond donors (Lipinski definition) is 2. The predicted molar refractivity (Wildman–Crippen MR) is 95.1 cm³/mol. The fraction of sp³-hybridized carbons (Fsp3) is 0.0526. The Kier molecular flexibility index (Phi) is 4.72. The molecule has 0 radical (unpaired) electrons. The number of carbonyl (C=O) groups is 1. The van der Waals surface area contributed by atoms with Crippen LogP contribution >= 0.6 is 0 Å². The molecule has 1 heterocycles. The summed E-state index contributed by atoms with van der Waals surface area (Å²) >= 11 is 0. The van der Waals surface area contributed by atoms with E-state index >= 15 is 0 Å². The average Bonchev–Trinajstić information content (AvgIpc) is 3.07. The van der Waals surface area contributed by atoms with Crippen molar-refractivity contribution in [2.24, 2.45) is 5.10 Å². The van der Waals surface area contributed by atoms with E-state index in [-0.39, 0.29) is 0 Å². The van der Waals surface area contributed by atoms with Crippen molar-refractivity contribution in [1.82, 2.24) is 5.43 Å². The molecule has 0 aliphatic rings. The van der Waals surface area contributed by atoms with Gasteiger partial charge in [-0.1, -0.05) is 48.5 Å². The van der Waals surface area contributed by atoms with Crippen molar-refractivity contribution in [3.63, 3.8) is 0 Å². The predicted octanol–water partition coefficient (Wildman–Crippen LogP) is 4.41. The molecule has 2 aromatic carbocycles. The monoisotopic (exact) mass is 319 g/mol. The zero-order valence-corrected chi connectivity index (χ0v) is 13.2. The normalized spacial score (nSPS) is 10.7. The van der Waals surface area contributed by atoms with Crippen LogP contribution in [0, 0.1) is 6.92 Å². The zero-order chi connectivity index (χ0) is 16.8. The zero-order valence-electron chi connectivity index (χ0n) is 13.2. The molecular weight excluding hydrogens is 302 g/mol. The van der Waals surface area contributed by atoms with Crippen LogP contribution in [0.25, 0.3) is 11.3 Å². The maximum atomic E-state index is 11.8. The van der Waals surface area contributed by atoms with E-state index in [2.05, 4.69) is 15.8 Å². The summed E-state index contributed by atoms with van der Waals surface area (Å²) in [6.07, 6.45) is 1.46. The van der Waals surface area contributed by atoms with Gasteiger partial charge in [0.15, 0.2) is 0 Å². The van der Waals surface area contributed by atoms with E-state index in [1.165, 1.54) is 6.21 Å². The van der Waals surface area contributed by atoms with E-state index in [1.807, 2.05) is 67.6 Å². The van der Waals surface area contributed by atoms with Gasteiger partial charge >= 0.3 is 6.03 Å². The molecule has 0 aliphatic heterocycles. The Labute approximate surface area is 140 Å². The Balaban J connectivity index is 1.58. The van der Waals surface area contributed by atoms with Crippen molar-refractivity contribution in [2.75, 3.05) is 5.32 Å². The minimum atomic E-state index is -0.407. The summed E-state index contributed by atoms with van der Waals surface area (Å²) in [6.45, 7) is 1.92. The van der Waals surface area contributed by atoms with Crippen LogP contribution in [0.15, 0.2) is 76.2 Å². The van der Waals surface area contributed by atoms with Crippen LogP contribution in [-0.4, -0.2) is 12.2 Å². The molecule has 1 aromatic heterocycles. The van der Waals surface area contributed by atoms with Gasteiger partial charge < -0.3 is 9.73 Å². The molecule has 120 valence electrons. The standard InChI is InChI=1S/C19H17N3O2/c1-14-7-5-6-10-17(14)21-19(23)22-20-13-16-11-12-18(24-16)15-8-3-2-4-9-15/h2-13H,1H3,(H2,21,22,23). The number of hydrazone groups is 1. The molecule has 5 nitrogen and oxygen atoms in total. The van der Waals surface area contributed by atoms with Gasteiger partial charge in [0.05, 0.1) is 6.21 Å². The summed E-state index contributed by atoms with van der Waals surface area (Å²) in [5.74, 6) is 1.31. The van der Waals surface area contributed by atoms with Gasteiger partial charge in [-0.3, -0.25) is 0 Å². The lowest BCUT2D eigenvalue weighted by molar-refractivity contribution is 0.252. The maximum Gasteiger partial charge on any atom is 0.339 e. The lowest BCUT2D eigenvalue weighted by Crippen LogP contribution is -2.24. The summed E-state index contributed by atoms with van der Waals surface area (Å²) in [5.41, 5.74) is 5.13.